The first-order valence-corrected chi connectivity index (χ1v) is 6.54. The third-order valence-electron chi connectivity index (χ3n) is 3.25. The van der Waals surface area contributed by atoms with Crippen LogP contribution in [0, 0.1) is 5.92 Å². The molecule has 0 aromatic heterocycles. The molecule has 1 fully saturated rings. The maximum absolute atomic E-state index is 12.4. The molecule has 0 bridgehead atoms. The number of ether oxygens (including phenoxy) is 1. The van der Waals surface area contributed by atoms with Gasteiger partial charge in [0.1, 0.15) is 13.1 Å². The average Bonchev–Trinajstić information content (AvgIpc) is 2.36. The van der Waals surface area contributed by atoms with Crippen molar-refractivity contribution in [1.82, 2.24) is 9.80 Å². The maximum Gasteiger partial charge on any atom is 0.406 e. The zero-order chi connectivity index (χ0) is 16.0. The van der Waals surface area contributed by atoms with Crippen LogP contribution in [0.2, 0.25) is 0 Å². The third-order valence-corrected chi connectivity index (χ3v) is 3.25. The number of nitrogens with zero attached hydrogens (tertiary/aromatic N) is 2. The van der Waals surface area contributed by atoms with Crippen LogP contribution < -0.4 is 0 Å². The number of piperidine rings is 1. The van der Waals surface area contributed by atoms with Crippen molar-refractivity contribution >= 4 is 12.0 Å². The summed E-state index contributed by atoms with van der Waals surface area (Å²) in [5.74, 6) is -1.20. The largest absolute Gasteiger partial charge is 0.480 e. The normalized spacial score (nSPS) is 16.9. The highest BCUT2D eigenvalue weighted by molar-refractivity contribution is 5.80. The number of amides is 2. The first-order chi connectivity index (χ1) is 9.73. The first kappa shape index (κ1) is 17.5. The molecule has 1 N–H and O–H groups in total. The van der Waals surface area contributed by atoms with E-state index < -0.39 is 31.3 Å². The van der Waals surface area contributed by atoms with Gasteiger partial charge in [-0.3, -0.25) is 4.79 Å². The molecule has 1 rings (SSSR count). The molecule has 0 unspecified atom stereocenters. The van der Waals surface area contributed by atoms with Crippen molar-refractivity contribution in [1.29, 1.82) is 0 Å². The Labute approximate surface area is 120 Å². The number of likely N-dealkylation sites (tertiary alicyclic amines) is 1. The van der Waals surface area contributed by atoms with Gasteiger partial charge in [0, 0.05) is 26.8 Å². The Bertz CT molecular complexity index is 368. The smallest absolute Gasteiger partial charge is 0.406 e. The van der Waals surface area contributed by atoms with Gasteiger partial charge in [-0.25, -0.2) is 4.79 Å². The summed E-state index contributed by atoms with van der Waals surface area (Å²) in [6, 6.07) is -0.884. The van der Waals surface area contributed by atoms with E-state index in [0.717, 1.165) is 0 Å². The molecule has 2 amide bonds. The van der Waals surface area contributed by atoms with Crippen molar-refractivity contribution in [2.75, 3.05) is 39.9 Å². The minimum Gasteiger partial charge on any atom is -0.480 e. The van der Waals surface area contributed by atoms with Gasteiger partial charge in [-0.15, -0.1) is 0 Å². The lowest BCUT2D eigenvalue weighted by Crippen LogP contribution is -2.51. The monoisotopic (exact) mass is 312 g/mol. The molecule has 0 spiro atoms. The number of carbonyl (C=O) groups is 2. The lowest BCUT2D eigenvalue weighted by Gasteiger charge is -2.35. The van der Waals surface area contributed by atoms with Crippen LogP contribution in [0.4, 0.5) is 18.0 Å². The number of rotatable bonds is 5. The predicted octanol–water partition coefficient (Wildman–Crippen LogP) is 1.41. The third kappa shape index (κ3) is 6.19. The molecule has 0 radical (unpaired) electrons. The highest BCUT2D eigenvalue weighted by Crippen LogP contribution is 2.21. The number of urea groups is 1. The van der Waals surface area contributed by atoms with E-state index in [1.165, 1.54) is 4.90 Å². The molecule has 0 aromatic carbocycles. The highest BCUT2D eigenvalue weighted by Gasteiger charge is 2.36. The zero-order valence-electron chi connectivity index (χ0n) is 11.7. The van der Waals surface area contributed by atoms with Crippen molar-refractivity contribution in [3.05, 3.63) is 0 Å². The molecule has 0 aromatic rings. The molecular weight excluding hydrogens is 293 g/mol. The Hall–Kier alpha value is -1.51. The van der Waals surface area contributed by atoms with Crippen molar-refractivity contribution in [2.24, 2.45) is 5.92 Å². The fourth-order valence-electron chi connectivity index (χ4n) is 2.30. The molecule has 122 valence electrons. The van der Waals surface area contributed by atoms with E-state index in [1.807, 2.05) is 0 Å². The van der Waals surface area contributed by atoms with Crippen LogP contribution in [0.15, 0.2) is 0 Å². The summed E-state index contributed by atoms with van der Waals surface area (Å²) in [7, 11) is 1.56. The number of carboxylic acid groups (broad SMARTS) is 1. The number of hydrogen-bond acceptors (Lipinski definition) is 3. The number of carbonyl (C=O) groups excluding carboxylic acids is 1. The van der Waals surface area contributed by atoms with E-state index in [9.17, 15) is 22.8 Å². The zero-order valence-corrected chi connectivity index (χ0v) is 11.7. The van der Waals surface area contributed by atoms with E-state index in [4.69, 9.17) is 9.84 Å². The Kier molecular flexibility index (Phi) is 6.25. The summed E-state index contributed by atoms with van der Waals surface area (Å²) in [5.41, 5.74) is 0. The van der Waals surface area contributed by atoms with Gasteiger partial charge in [0.05, 0.1) is 0 Å². The standard InChI is InChI=1S/C12H19F3N2O4/c1-21-7-9-2-4-16(5-3-9)11(20)17(6-10(18)19)8-12(13,14)15/h9H,2-8H2,1H3,(H,18,19). The molecule has 1 aliphatic rings. The van der Waals surface area contributed by atoms with Crippen LogP contribution in [0.5, 0.6) is 0 Å². The van der Waals surface area contributed by atoms with Gasteiger partial charge in [0.25, 0.3) is 0 Å². The van der Waals surface area contributed by atoms with Gasteiger partial charge < -0.3 is 19.6 Å². The van der Waals surface area contributed by atoms with E-state index >= 15 is 0 Å². The first-order valence-electron chi connectivity index (χ1n) is 6.54. The van der Waals surface area contributed by atoms with Gasteiger partial charge in [-0.1, -0.05) is 0 Å². The SMILES string of the molecule is COCC1CCN(C(=O)N(CC(=O)O)CC(F)(F)F)CC1. The topological polar surface area (TPSA) is 70.1 Å². The van der Waals surface area contributed by atoms with E-state index in [2.05, 4.69) is 0 Å². The van der Waals surface area contributed by atoms with Gasteiger partial charge in [-0.05, 0) is 18.8 Å². The molecule has 0 atom stereocenters. The second kappa shape index (κ2) is 7.48. The fraction of sp³-hybridized carbons (Fsp3) is 0.833. The molecule has 21 heavy (non-hydrogen) atoms. The maximum atomic E-state index is 12.4. The lowest BCUT2D eigenvalue weighted by molar-refractivity contribution is -0.149. The summed E-state index contributed by atoms with van der Waals surface area (Å²) in [6.07, 6.45) is -3.36. The van der Waals surface area contributed by atoms with E-state index in [1.54, 1.807) is 7.11 Å². The number of methoxy groups -OCH3 is 1. The Morgan fingerprint density at radius 1 is 1.33 bits per heavy atom. The van der Waals surface area contributed by atoms with Crippen LogP contribution in [0.25, 0.3) is 0 Å². The number of halogens is 3. The van der Waals surface area contributed by atoms with Gasteiger partial charge in [-0.2, -0.15) is 13.2 Å². The van der Waals surface area contributed by atoms with Gasteiger partial charge >= 0.3 is 18.2 Å². The minimum atomic E-state index is -4.63. The van der Waals surface area contributed by atoms with E-state index in [-0.39, 0.29) is 5.92 Å². The number of carboxylic acids is 1. The summed E-state index contributed by atoms with van der Waals surface area (Å²) in [4.78, 5) is 24.2. The summed E-state index contributed by atoms with van der Waals surface area (Å²) in [6.45, 7) is -1.36. The molecule has 1 saturated heterocycles. The molecule has 0 saturated carbocycles. The van der Waals surface area contributed by atoms with Crippen LogP contribution in [0.1, 0.15) is 12.8 Å². The molecule has 1 aliphatic heterocycles. The molecule has 6 nitrogen and oxygen atoms in total. The van der Waals surface area contributed by atoms with Crippen LogP contribution in [-0.2, 0) is 9.53 Å². The van der Waals surface area contributed by atoms with Crippen molar-refractivity contribution in [3.63, 3.8) is 0 Å². The number of alkyl halides is 3. The van der Waals surface area contributed by atoms with Gasteiger partial charge in [0.15, 0.2) is 0 Å². The minimum absolute atomic E-state index is 0.273. The van der Waals surface area contributed by atoms with Crippen LogP contribution in [-0.4, -0.2) is 73.0 Å². The average molecular weight is 312 g/mol. The number of hydrogen-bond donors (Lipinski definition) is 1. The summed E-state index contributed by atoms with van der Waals surface area (Å²) in [5, 5.41) is 8.64. The lowest BCUT2D eigenvalue weighted by atomic mass is 9.98. The van der Waals surface area contributed by atoms with E-state index in [0.29, 0.717) is 37.4 Å². The molecular formula is C12H19F3N2O4. The molecule has 1 heterocycles. The predicted molar refractivity (Wildman–Crippen MR) is 66.8 cm³/mol. The second-order valence-corrected chi connectivity index (χ2v) is 5.03. The summed E-state index contributed by atoms with van der Waals surface area (Å²) >= 11 is 0. The van der Waals surface area contributed by atoms with Crippen molar-refractivity contribution in [2.45, 2.75) is 19.0 Å². The quantitative estimate of drug-likeness (QED) is 0.833. The fourth-order valence-corrected chi connectivity index (χ4v) is 2.30. The van der Waals surface area contributed by atoms with Crippen molar-refractivity contribution < 1.29 is 32.6 Å². The molecule has 9 heteroatoms. The second-order valence-electron chi connectivity index (χ2n) is 5.03. The Morgan fingerprint density at radius 2 is 1.90 bits per heavy atom. The number of aliphatic carboxylic acids is 1. The molecule has 0 aliphatic carbocycles. The highest BCUT2D eigenvalue weighted by atomic mass is 19.4. The Balaban J connectivity index is 2.62. The Morgan fingerprint density at radius 3 is 2.33 bits per heavy atom. The van der Waals surface area contributed by atoms with Crippen LogP contribution >= 0.6 is 0 Å². The summed E-state index contributed by atoms with van der Waals surface area (Å²) < 4.78 is 42.3. The van der Waals surface area contributed by atoms with Crippen molar-refractivity contribution in [3.8, 4) is 0 Å². The van der Waals surface area contributed by atoms with Crippen LogP contribution in [0.3, 0.4) is 0 Å². The van der Waals surface area contributed by atoms with Gasteiger partial charge in [0.2, 0.25) is 0 Å².